The molecule has 0 fully saturated rings. The number of ether oxygens (including phenoxy) is 1. The topological polar surface area (TPSA) is 50.4 Å². The lowest BCUT2D eigenvalue weighted by Gasteiger charge is -2.13. The summed E-state index contributed by atoms with van der Waals surface area (Å²) < 4.78 is 4.69. The van der Waals surface area contributed by atoms with Crippen LogP contribution in [-0.2, 0) is 9.53 Å². The second-order valence-corrected chi connectivity index (χ2v) is 6.04. The minimum atomic E-state index is -0.180. The normalized spacial score (nSPS) is 10.2. The summed E-state index contributed by atoms with van der Waals surface area (Å²) in [5, 5.41) is 6.75. The molecule has 0 radical (unpaired) electrons. The van der Waals surface area contributed by atoms with Crippen LogP contribution in [0, 0.1) is 0 Å². The number of thioether (sulfide) groups is 1. The van der Waals surface area contributed by atoms with Crippen molar-refractivity contribution in [1.29, 1.82) is 0 Å². The van der Waals surface area contributed by atoms with Crippen LogP contribution in [0.25, 0.3) is 0 Å². The van der Waals surface area contributed by atoms with Gasteiger partial charge in [-0.1, -0.05) is 18.2 Å². The summed E-state index contributed by atoms with van der Waals surface area (Å²) >= 11 is 1.65. The Morgan fingerprint density at radius 2 is 1.91 bits per heavy atom. The molecule has 122 valence electrons. The van der Waals surface area contributed by atoms with Crippen molar-refractivity contribution in [2.24, 2.45) is 0 Å². The van der Waals surface area contributed by atoms with Gasteiger partial charge in [0.15, 0.2) is 0 Å². The number of hydrogen-bond acceptors (Lipinski definition) is 5. The summed E-state index contributed by atoms with van der Waals surface area (Å²) in [5.74, 6) is 0.515. The highest BCUT2D eigenvalue weighted by Crippen LogP contribution is 2.31. The third-order valence-electron chi connectivity index (χ3n) is 3.20. The van der Waals surface area contributed by atoms with E-state index in [0.29, 0.717) is 12.2 Å². The Labute approximate surface area is 141 Å². The van der Waals surface area contributed by atoms with Crippen molar-refractivity contribution in [2.75, 3.05) is 30.0 Å². The van der Waals surface area contributed by atoms with Crippen LogP contribution < -0.4 is 10.6 Å². The molecule has 0 heterocycles. The first-order chi connectivity index (χ1) is 11.2. The van der Waals surface area contributed by atoms with Crippen LogP contribution in [0.2, 0.25) is 0 Å². The first-order valence-electron chi connectivity index (χ1n) is 7.62. The summed E-state index contributed by atoms with van der Waals surface area (Å²) in [6.45, 7) is 2.93. The van der Waals surface area contributed by atoms with E-state index in [9.17, 15) is 4.79 Å². The van der Waals surface area contributed by atoms with E-state index >= 15 is 0 Å². The summed E-state index contributed by atoms with van der Waals surface area (Å²) in [6, 6.07) is 16.3. The van der Waals surface area contributed by atoms with Gasteiger partial charge in [0.25, 0.3) is 0 Å². The van der Waals surface area contributed by atoms with Gasteiger partial charge in [-0.15, -0.1) is 11.8 Å². The van der Waals surface area contributed by atoms with Gasteiger partial charge in [-0.3, -0.25) is 4.79 Å². The highest BCUT2D eigenvalue weighted by atomic mass is 32.2. The van der Waals surface area contributed by atoms with E-state index in [1.807, 2.05) is 30.3 Å². The van der Waals surface area contributed by atoms with Crippen molar-refractivity contribution in [3.63, 3.8) is 0 Å². The lowest BCUT2D eigenvalue weighted by atomic mass is 10.2. The molecule has 2 aromatic rings. The largest absolute Gasteiger partial charge is 0.469 e. The van der Waals surface area contributed by atoms with Crippen molar-refractivity contribution < 1.29 is 9.53 Å². The van der Waals surface area contributed by atoms with Crippen LogP contribution in [0.5, 0.6) is 0 Å². The molecule has 0 amide bonds. The molecule has 0 unspecified atom stereocenters. The lowest BCUT2D eigenvalue weighted by Crippen LogP contribution is -2.02. The molecule has 2 N–H and O–H groups in total. The van der Waals surface area contributed by atoms with Crippen molar-refractivity contribution >= 4 is 34.8 Å². The fourth-order valence-electron chi connectivity index (χ4n) is 2.09. The molecular formula is C18H22N2O2S. The average Bonchev–Trinajstić information content (AvgIpc) is 2.58. The van der Waals surface area contributed by atoms with Crippen LogP contribution in [0.1, 0.15) is 13.3 Å². The number of methoxy groups -OCH3 is 1. The quantitative estimate of drug-likeness (QED) is 0.550. The standard InChI is InChI=1S/C18H22N2O2S/c1-3-19-16-10-9-15(20-14-7-5-4-6-8-14)13-17(16)23-12-11-18(21)22-2/h4-10,13,19-20H,3,11-12H2,1-2H3. The third kappa shape index (κ3) is 5.53. The van der Waals surface area contributed by atoms with Crippen molar-refractivity contribution in [3.05, 3.63) is 48.5 Å². The molecule has 0 aliphatic rings. The van der Waals surface area contributed by atoms with Crippen LogP contribution in [0.15, 0.2) is 53.4 Å². The van der Waals surface area contributed by atoms with Crippen molar-refractivity contribution in [3.8, 4) is 0 Å². The summed E-state index contributed by atoms with van der Waals surface area (Å²) in [5.41, 5.74) is 3.16. The molecule has 0 aromatic heterocycles. The van der Waals surface area contributed by atoms with Gasteiger partial charge in [-0.05, 0) is 37.3 Å². The Hall–Kier alpha value is -2.14. The molecule has 2 rings (SSSR count). The number of benzene rings is 2. The van der Waals surface area contributed by atoms with Gasteiger partial charge in [0, 0.05) is 34.3 Å². The van der Waals surface area contributed by atoms with Crippen LogP contribution in [0.4, 0.5) is 17.1 Å². The molecule has 4 nitrogen and oxygen atoms in total. The Morgan fingerprint density at radius 1 is 1.13 bits per heavy atom. The molecule has 2 aromatic carbocycles. The second kappa shape index (κ2) is 9.10. The zero-order valence-corrected chi connectivity index (χ0v) is 14.3. The van der Waals surface area contributed by atoms with Gasteiger partial charge in [0.2, 0.25) is 0 Å². The average molecular weight is 330 g/mol. The highest BCUT2D eigenvalue weighted by molar-refractivity contribution is 7.99. The fourth-order valence-corrected chi connectivity index (χ4v) is 3.09. The first-order valence-corrected chi connectivity index (χ1v) is 8.61. The maximum atomic E-state index is 11.3. The Bertz CT molecular complexity index is 632. The molecule has 0 saturated heterocycles. The molecule has 5 heteroatoms. The van der Waals surface area contributed by atoms with E-state index in [1.54, 1.807) is 11.8 Å². The monoisotopic (exact) mass is 330 g/mol. The smallest absolute Gasteiger partial charge is 0.306 e. The van der Waals surface area contributed by atoms with Crippen LogP contribution in [0.3, 0.4) is 0 Å². The van der Waals surface area contributed by atoms with Crippen LogP contribution in [-0.4, -0.2) is 25.4 Å². The number of para-hydroxylation sites is 1. The third-order valence-corrected chi connectivity index (χ3v) is 4.26. The number of anilines is 3. The lowest BCUT2D eigenvalue weighted by molar-refractivity contribution is -0.140. The Balaban J connectivity index is 2.09. The summed E-state index contributed by atoms with van der Waals surface area (Å²) in [6.07, 6.45) is 0.406. The van der Waals surface area contributed by atoms with Crippen LogP contribution >= 0.6 is 11.8 Å². The molecule has 0 saturated carbocycles. The van der Waals surface area contributed by atoms with E-state index in [4.69, 9.17) is 0 Å². The maximum absolute atomic E-state index is 11.3. The van der Waals surface area contributed by atoms with Gasteiger partial charge in [-0.2, -0.15) is 0 Å². The molecule has 0 spiro atoms. The zero-order valence-electron chi connectivity index (χ0n) is 13.5. The van der Waals surface area contributed by atoms with Gasteiger partial charge in [0.05, 0.1) is 13.5 Å². The predicted octanol–water partition coefficient (Wildman–Crippen LogP) is 4.52. The fraction of sp³-hybridized carbons (Fsp3) is 0.278. The molecule has 0 atom stereocenters. The first kappa shape index (κ1) is 17.2. The Kier molecular flexibility index (Phi) is 6.81. The van der Waals surface area contributed by atoms with Gasteiger partial charge in [0.1, 0.15) is 0 Å². The Morgan fingerprint density at radius 3 is 2.61 bits per heavy atom. The van der Waals surface area contributed by atoms with Gasteiger partial charge in [-0.25, -0.2) is 0 Å². The van der Waals surface area contributed by atoms with E-state index in [1.165, 1.54) is 7.11 Å². The summed E-state index contributed by atoms with van der Waals surface area (Å²) in [7, 11) is 1.42. The molecule has 0 bridgehead atoms. The minimum Gasteiger partial charge on any atom is -0.469 e. The van der Waals surface area contributed by atoms with E-state index in [2.05, 4.69) is 40.5 Å². The van der Waals surface area contributed by atoms with Gasteiger partial charge < -0.3 is 15.4 Å². The number of nitrogens with one attached hydrogen (secondary N) is 2. The van der Waals surface area contributed by atoms with E-state index < -0.39 is 0 Å². The van der Waals surface area contributed by atoms with Crippen molar-refractivity contribution in [1.82, 2.24) is 0 Å². The number of carbonyl (C=O) groups excluding carboxylic acids is 1. The van der Waals surface area contributed by atoms with Crippen molar-refractivity contribution in [2.45, 2.75) is 18.2 Å². The van der Waals surface area contributed by atoms with E-state index in [-0.39, 0.29) is 5.97 Å². The molecule has 23 heavy (non-hydrogen) atoms. The zero-order chi connectivity index (χ0) is 16.5. The number of esters is 1. The highest BCUT2D eigenvalue weighted by Gasteiger charge is 2.07. The van der Waals surface area contributed by atoms with E-state index in [0.717, 1.165) is 28.5 Å². The maximum Gasteiger partial charge on any atom is 0.306 e. The van der Waals surface area contributed by atoms with Gasteiger partial charge >= 0.3 is 5.97 Å². The number of carbonyl (C=O) groups is 1. The molecule has 0 aliphatic carbocycles. The number of hydrogen-bond donors (Lipinski definition) is 2. The predicted molar refractivity (Wildman–Crippen MR) is 97.7 cm³/mol. The SMILES string of the molecule is CCNc1ccc(Nc2ccccc2)cc1SCCC(=O)OC. The molecular weight excluding hydrogens is 308 g/mol. The number of rotatable bonds is 8. The minimum absolute atomic E-state index is 0.180. The second-order valence-electron chi connectivity index (χ2n) is 4.91. The summed E-state index contributed by atoms with van der Waals surface area (Å²) in [4.78, 5) is 12.4. The molecule has 0 aliphatic heterocycles.